The van der Waals surface area contributed by atoms with Crippen molar-refractivity contribution in [2.75, 3.05) is 9.80 Å². The van der Waals surface area contributed by atoms with E-state index in [2.05, 4.69) is 298 Å². The van der Waals surface area contributed by atoms with Gasteiger partial charge in [-0.3, -0.25) is 0 Å². The summed E-state index contributed by atoms with van der Waals surface area (Å²) in [6, 6.07) is 102. The summed E-state index contributed by atoms with van der Waals surface area (Å²) in [6.45, 7) is 0. The minimum Gasteiger partial charge on any atom is -0.309 e. The molecular weight excluding hydrogens is 897 g/mol. The van der Waals surface area contributed by atoms with Gasteiger partial charge in [0.05, 0.1) is 44.8 Å². The molecule has 0 aliphatic heterocycles. The Morgan fingerprint density at radius 3 is 0.919 bits per heavy atom. The van der Waals surface area contributed by atoms with Gasteiger partial charge in [0.15, 0.2) is 0 Å². The number of aromatic nitrogens is 2. The number of benzene rings is 13. The van der Waals surface area contributed by atoms with Crippen molar-refractivity contribution in [3.05, 3.63) is 279 Å². The number of anilines is 6. The summed E-state index contributed by atoms with van der Waals surface area (Å²) in [5.41, 5.74) is 13.6. The Balaban J connectivity index is 0.979. The number of para-hydroxylation sites is 4. The van der Waals surface area contributed by atoms with Crippen LogP contribution in [-0.4, -0.2) is 9.13 Å². The molecule has 0 fully saturated rings. The van der Waals surface area contributed by atoms with E-state index in [4.69, 9.17) is 0 Å². The number of fused-ring (bicyclic) bond motifs is 10. The predicted molar refractivity (Wildman–Crippen MR) is 315 cm³/mol. The standard InChI is InChI=1S/C70H46N4/c1-3-25-49(26-4-1)71(51-41-43-67-61(45-51)55-31-15-17-37-65(55)73(67)63-39-19-23-47-21-7-9-29-53(47)63)69-57-33-11-13-35-59(57)70(60-36-14-12-34-58(60)69)72(50-27-5-2-6-28-50)52-42-44-68-62(46-52)56-32-16-18-38-66(56)74(68)64-40-20-24-48-22-8-10-30-54(48)64/h1-46H. The maximum Gasteiger partial charge on any atom is 0.0619 e. The van der Waals surface area contributed by atoms with Gasteiger partial charge in [-0.15, -0.1) is 0 Å². The van der Waals surface area contributed by atoms with Gasteiger partial charge in [-0.1, -0.05) is 194 Å². The number of hydrogen-bond acceptors (Lipinski definition) is 2. The highest BCUT2D eigenvalue weighted by Gasteiger charge is 2.27. The monoisotopic (exact) mass is 942 g/mol. The molecule has 0 unspecified atom stereocenters. The van der Waals surface area contributed by atoms with Crippen LogP contribution >= 0.6 is 0 Å². The minimum absolute atomic E-state index is 1.08. The zero-order valence-electron chi connectivity index (χ0n) is 40.3. The zero-order chi connectivity index (χ0) is 48.7. The smallest absolute Gasteiger partial charge is 0.0619 e. The summed E-state index contributed by atoms with van der Waals surface area (Å²) in [7, 11) is 0. The highest BCUT2D eigenvalue weighted by molar-refractivity contribution is 6.24. The Bertz CT molecular complexity index is 4320. The molecule has 0 amide bonds. The Kier molecular flexibility index (Phi) is 9.54. The second-order valence-electron chi connectivity index (χ2n) is 19.2. The topological polar surface area (TPSA) is 16.3 Å². The van der Waals surface area contributed by atoms with Crippen LogP contribution in [0.3, 0.4) is 0 Å². The molecule has 15 aromatic rings. The van der Waals surface area contributed by atoms with Crippen molar-refractivity contribution in [1.29, 1.82) is 0 Å². The molecule has 0 aliphatic rings. The van der Waals surface area contributed by atoms with Crippen molar-refractivity contribution in [2.24, 2.45) is 0 Å². The van der Waals surface area contributed by atoms with E-state index in [1.165, 1.54) is 76.5 Å². The summed E-state index contributed by atoms with van der Waals surface area (Å²) in [6.07, 6.45) is 0. The van der Waals surface area contributed by atoms with Crippen LogP contribution in [0.1, 0.15) is 0 Å². The maximum absolute atomic E-state index is 2.49. The Morgan fingerprint density at radius 1 is 0.203 bits per heavy atom. The van der Waals surface area contributed by atoms with Crippen molar-refractivity contribution >= 4 is 121 Å². The van der Waals surface area contributed by atoms with Crippen molar-refractivity contribution < 1.29 is 0 Å². The maximum atomic E-state index is 2.49. The number of hydrogen-bond donors (Lipinski definition) is 0. The molecule has 0 bridgehead atoms. The normalized spacial score (nSPS) is 11.8. The Labute approximate surface area is 428 Å². The van der Waals surface area contributed by atoms with Crippen molar-refractivity contribution in [3.8, 4) is 11.4 Å². The molecule has 2 aromatic heterocycles. The highest BCUT2D eigenvalue weighted by Crippen LogP contribution is 2.52. The molecule has 0 N–H and O–H groups in total. The van der Waals surface area contributed by atoms with E-state index in [1.807, 2.05) is 0 Å². The first-order valence-electron chi connectivity index (χ1n) is 25.4. The van der Waals surface area contributed by atoms with E-state index in [9.17, 15) is 0 Å². The molecule has 0 saturated heterocycles. The molecule has 346 valence electrons. The molecule has 0 radical (unpaired) electrons. The van der Waals surface area contributed by atoms with Gasteiger partial charge in [0.25, 0.3) is 0 Å². The molecule has 0 aliphatic carbocycles. The van der Waals surface area contributed by atoms with Gasteiger partial charge in [0.2, 0.25) is 0 Å². The van der Waals surface area contributed by atoms with Gasteiger partial charge in [-0.05, 0) is 95.7 Å². The van der Waals surface area contributed by atoms with E-state index >= 15 is 0 Å². The van der Waals surface area contributed by atoms with Crippen LogP contribution < -0.4 is 9.80 Å². The molecule has 0 saturated carbocycles. The van der Waals surface area contributed by atoms with E-state index in [1.54, 1.807) is 0 Å². The summed E-state index contributed by atoms with van der Waals surface area (Å²) in [5, 5.41) is 14.3. The molecule has 0 atom stereocenters. The van der Waals surface area contributed by atoms with Gasteiger partial charge in [-0.25, -0.2) is 0 Å². The van der Waals surface area contributed by atoms with E-state index < -0.39 is 0 Å². The fourth-order valence-corrected chi connectivity index (χ4v) is 12.1. The van der Waals surface area contributed by atoms with Gasteiger partial charge >= 0.3 is 0 Å². The van der Waals surface area contributed by atoms with Gasteiger partial charge in [0, 0.05) is 76.6 Å². The second kappa shape index (κ2) is 16.9. The van der Waals surface area contributed by atoms with Crippen LogP contribution in [-0.2, 0) is 0 Å². The first-order valence-corrected chi connectivity index (χ1v) is 25.4. The minimum atomic E-state index is 1.08. The molecule has 0 spiro atoms. The van der Waals surface area contributed by atoms with E-state index in [-0.39, 0.29) is 0 Å². The fraction of sp³-hybridized carbons (Fsp3) is 0. The number of rotatable bonds is 8. The van der Waals surface area contributed by atoms with Crippen LogP contribution in [0.15, 0.2) is 279 Å². The van der Waals surface area contributed by atoms with Crippen molar-refractivity contribution in [2.45, 2.75) is 0 Å². The lowest BCUT2D eigenvalue weighted by atomic mass is 9.95. The molecule has 4 nitrogen and oxygen atoms in total. The molecule has 15 rings (SSSR count). The van der Waals surface area contributed by atoms with E-state index in [0.29, 0.717) is 0 Å². The van der Waals surface area contributed by atoms with Crippen LogP contribution in [0, 0.1) is 0 Å². The van der Waals surface area contributed by atoms with Gasteiger partial charge in [-0.2, -0.15) is 0 Å². The molecule has 4 heteroatoms. The SMILES string of the molecule is c1ccc(N(c2ccc3c(c2)c2ccccc2n3-c2cccc3ccccc23)c2c3ccccc3c(N(c3ccccc3)c3ccc4c(c3)c3ccccc3n4-c3cccc4ccccc34)c3ccccc23)cc1. The average Bonchev–Trinajstić information content (AvgIpc) is 4.01. The zero-order valence-corrected chi connectivity index (χ0v) is 40.3. The predicted octanol–water partition coefficient (Wildman–Crippen LogP) is 19.4. The summed E-state index contributed by atoms with van der Waals surface area (Å²) >= 11 is 0. The fourth-order valence-electron chi connectivity index (χ4n) is 12.1. The van der Waals surface area contributed by atoms with E-state index in [0.717, 1.165) is 55.7 Å². The van der Waals surface area contributed by atoms with Gasteiger partial charge < -0.3 is 18.9 Å². The lowest BCUT2D eigenvalue weighted by molar-refractivity contribution is 1.20. The van der Waals surface area contributed by atoms with Crippen molar-refractivity contribution in [1.82, 2.24) is 9.13 Å². The lowest BCUT2D eigenvalue weighted by Gasteiger charge is -2.33. The molecule has 13 aromatic carbocycles. The summed E-state index contributed by atoms with van der Waals surface area (Å²) < 4.78 is 4.89. The highest BCUT2D eigenvalue weighted by atomic mass is 15.2. The van der Waals surface area contributed by atoms with Crippen LogP contribution in [0.2, 0.25) is 0 Å². The Morgan fingerprint density at radius 2 is 0.514 bits per heavy atom. The van der Waals surface area contributed by atoms with Crippen LogP contribution in [0.5, 0.6) is 0 Å². The average molecular weight is 943 g/mol. The Hall–Kier alpha value is -9.90. The summed E-state index contributed by atoms with van der Waals surface area (Å²) in [5.74, 6) is 0. The number of nitrogens with zero attached hydrogens (tertiary/aromatic N) is 4. The third-order valence-electron chi connectivity index (χ3n) is 15.2. The van der Waals surface area contributed by atoms with Crippen molar-refractivity contribution in [3.63, 3.8) is 0 Å². The molecular formula is C70H46N4. The third-order valence-corrected chi connectivity index (χ3v) is 15.2. The third kappa shape index (κ3) is 6.42. The first-order chi connectivity index (χ1) is 36.8. The van der Waals surface area contributed by atoms with Gasteiger partial charge in [0.1, 0.15) is 0 Å². The quantitative estimate of drug-likeness (QED) is 0.111. The summed E-state index contributed by atoms with van der Waals surface area (Å²) in [4.78, 5) is 4.97. The lowest BCUT2D eigenvalue weighted by Crippen LogP contribution is -2.14. The van der Waals surface area contributed by atoms with Crippen LogP contribution in [0.25, 0.3) is 98.1 Å². The molecule has 74 heavy (non-hydrogen) atoms. The second-order valence-corrected chi connectivity index (χ2v) is 19.2. The molecule has 2 heterocycles. The van der Waals surface area contributed by atoms with Crippen LogP contribution in [0.4, 0.5) is 34.1 Å². The first kappa shape index (κ1) is 41.8. The largest absolute Gasteiger partial charge is 0.309 e.